The Hall–Kier alpha value is 0.796. The fraction of sp³-hybridized carbons (Fsp3) is 0.667. The van der Waals surface area contributed by atoms with Gasteiger partial charge in [-0.05, 0) is 0 Å². The molecule has 0 radical (unpaired) electrons. The first-order valence-electron chi connectivity index (χ1n) is 2.25. The van der Waals surface area contributed by atoms with Gasteiger partial charge in [-0.3, -0.25) is 0 Å². The van der Waals surface area contributed by atoms with Crippen LogP contribution in [0, 0.1) is 0 Å². The normalized spacial score (nSPS) is 8.38. The number of carbonyl (C=O) groups is 1. The molecule has 0 aromatic heterocycles. The molecular weight excluding hydrogens is 277 g/mol. The van der Waals surface area contributed by atoms with Crippen LogP contribution in [0.4, 0.5) is 0 Å². The standard InChI is InChI=1S/C2H5NO.CH4N.Ga.HI/c1-2(3)4;1-2;;/h1H3,(H2,3,4);2H,1H3;;1H/q;-1;+3;/p-2. The Bertz CT molecular complexity index is 89.4. The topological polar surface area (TPSA) is 41.1 Å². The Kier molecular flexibility index (Phi) is 5.12. The van der Waals surface area contributed by atoms with Gasteiger partial charge in [-0.15, -0.1) is 0 Å². The number of halogens is 1. The van der Waals surface area contributed by atoms with Gasteiger partial charge in [0.1, 0.15) is 0 Å². The zero-order valence-corrected chi connectivity index (χ0v) is 9.44. The molecule has 1 amide bonds. The van der Waals surface area contributed by atoms with Crippen molar-refractivity contribution in [2.45, 2.75) is 6.92 Å². The number of hydrogen-bond donors (Lipinski definition) is 2. The predicted octanol–water partition coefficient (Wildman–Crippen LogP) is -0.238. The van der Waals surface area contributed by atoms with Gasteiger partial charge >= 0.3 is 65.5 Å². The van der Waals surface area contributed by atoms with Crippen LogP contribution in [-0.4, -0.2) is 26.1 Å². The summed E-state index contributed by atoms with van der Waals surface area (Å²) in [5.74, 6) is 0.0683. The van der Waals surface area contributed by atoms with Crippen molar-refractivity contribution in [1.29, 1.82) is 0 Å². The molecule has 0 saturated carbocycles. The molecule has 0 aliphatic carbocycles. The van der Waals surface area contributed by atoms with Crippen LogP contribution in [0.5, 0.6) is 0 Å². The summed E-state index contributed by atoms with van der Waals surface area (Å²) >= 11 is 0.739. The van der Waals surface area contributed by atoms with Crippen molar-refractivity contribution >= 4 is 38.7 Å². The molecule has 0 unspecified atom stereocenters. The molecule has 0 spiro atoms. The molecule has 5 heteroatoms. The van der Waals surface area contributed by atoms with E-state index in [1.807, 2.05) is 7.05 Å². The van der Waals surface area contributed by atoms with Crippen molar-refractivity contribution in [2.75, 3.05) is 7.05 Å². The van der Waals surface area contributed by atoms with Crippen LogP contribution in [0.15, 0.2) is 0 Å². The van der Waals surface area contributed by atoms with E-state index in [2.05, 4.69) is 27.7 Å². The van der Waals surface area contributed by atoms with Crippen molar-refractivity contribution < 1.29 is 4.79 Å². The second-order valence-electron chi connectivity index (χ2n) is 1.35. The number of carbonyl (C=O) groups excluding carboxylic acids is 1. The summed E-state index contributed by atoms with van der Waals surface area (Å²) in [4.78, 5) is 10.3. The van der Waals surface area contributed by atoms with Crippen molar-refractivity contribution in [1.82, 2.24) is 8.05 Å². The van der Waals surface area contributed by atoms with E-state index in [0.29, 0.717) is 0 Å². The van der Waals surface area contributed by atoms with Gasteiger partial charge in [-0.1, -0.05) is 0 Å². The minimum absolute atomic E-state index is 0.0683. The van der Waals surface area contributed by atoms with Gasteiger partial charge in [0.25, 0.3) is 0 Å². The first-order valence-corrected chi connectivity index (χ1v) is 12.1. The summed E-state index contributed by atoms with van der Waals surface area (Å²) in [5.41, 5.74) is 0. The maximum absolute atomic E-state index is 10.3. The second-order valence-corrected chi connectivity index (χ2v) is 11.2. The van der Waals surface area contributed by atoms with E-state index in [-0.39, 0.29) is 5.91 Å². The Morgan fingerprint density at radius 3 is 2.38 bits per heavy atom. The average molecular weight is 285 g/mol. The van der Waals surface area contributed by atoms with E-state index in [0.717, 1.165) is 0 Å². The summed E-state index contributed by atoms with van der Waals surface area (Å²) in [6, 6.07) is 0. The van der Waals surface area contributed by atoms with Crippen LogP contribution in [0.2, 0.25) is 0 Å². The summed E-state index contributed by atoms with van der Waals surface area (Å²) in [5, 5.41) is 0. The van der Waals surface area contributed by atoms with E-state index < -0.39 is 13.2 Å². The molecule has 0 aromatic rings. The van der Waals surface area contributed by atoms with Crippen LogP contribution in [-0.2, 0) is 4.79 Å². The summed E-state index contributed by atoms with van der Waals surface area (Å²) in [6.45, 7) is 1.54. The maximum atomic E-state index is 10.3. The van der Waals surface area contributed by atoms with Gasteiger partial charge in [0, 0.05) is 0 Å². The summed E-state index contributed by atoms with van der Waals surface area (Å²) in [7, 11) is 1.87. The third-order valence-electron chi connectivity index (χ3n) is 0.583. The van der Waals surface area contributed by atoms with Gasteiger partial charge in [0.05, 0.1) is 0 Å². The zero-order valence-electron chi connectivity index (χ0n) is 4.86. The molecule has 46 valence electrons. The minimum atomic E-state index is -1.53. The Balaban J connectivity index is 3.24. The molecule has 0 bridgehead atoms. The molecule has 0 aliphatic heterocycles. The Morgan fingerprint density at radius 1 is 1.75 bits per heavy atom. The molecule has 0 atom stereocenters. The fourth-order valence-corrected chi connectivity index (χ4v) is 3.58. The molecule has 3 nitrogen and oxygen atoms in total. The van der Waals surface area contributed by atoms with Crippen LogP contribution in [0.25, 0.3) is 0 Å². The van der Waals surface area contributed by atoms with Gasteiger partial charge in [0.2, 0.25) is 0 Å². The average Bonchev–Trinajstić information content (AvgIpc) is 1.65. The van der Waals surface area contributed by atoms with Crippen molar-refractivity contribution in [3.63, 3.8) is 0 Å². The van der Waals surface area contributed by atoms with Gasteiger partial charge in [0.15, 0.2) is 0 Å². The van der Waals surface area contributed by atoms with Gasteiger partial charge < -0.3 is 0 Å². The van der Waals surface area contributed by atoms with E-state index >= 15 is 0 Å². The number of amides is 1. The van der Waals surface area contributed by atoms with Crippen LogP contribution in [0.1, 0.15) is 6.92 Å². The van der Waals surface area contributed by atoms with Crippen LogP contribution >= 0.6 is 19.7 Å². The van der Waals surface area contributed by atoms with Crippen molar-refractivity contribution in [2.24, 2.45) is 0 Å². The quantitative estimate of drug-likeness (QED) is 0.543. The van der Waals surface area contributed by atoms with Crippen molar-refractivity contribution in [3.8, 4) is 0 Å². The van der Waals surface area contributed by atoms with E-state index in [4.69, 9.17) is 0 Å². The van der Waals surface area contributed by atoms with Crippen LogP contribution < -0.4 is 8.05 Å². The van der Waals surface area contributed by atoms with Gasteiger partial charge in [-0.25, -0.2) is 0 Å². The van der Waals surface area contributed by atoms with Crippen LogP contribution in [0.3, 0.4) is 0 Å². The second kappa shape index (κ2) is 4.65. The molecule has 0 heterocycles. The number of rotatable bonds is 2. The fourth-order valence-electron chi connectivity index (χ4n) is 0.251. The third kappa shape index (κ3) is 4.94. The van der Waals surface area contributed by atoms with Crippen molar-refractivity contribution in [3.05, 3.63) is 0 Å². The molecule has 0 aromatic carbocycles. The molecule has 0 aliphatic rings. The number of nitrogens with one attached hydrogen (secondary N) is 2. The molecular formula is C3H8GaIN2O. The zero-order chi connectivity index (χ0) is 6.57. The van der Waals surface area contributed by atoms with Gasteiger partial charge in [-0.2, -0.15) is 0 Å². The van der Waals surface area contributed by atoms with E-state index in [1.165, 1.54) is 6.92 Å². The molecule has 0 rings (SSSR count). The molecule has 8 heavy (non-hydrogen) atoms. The molecule has 0 saturated heterocycles. The summed E-state index contributed by atoms with van der Waals surface area (Å²) < 4.78 is 5.86. The van der Waals surface area contributed by atoms with E-state index in [9.17, 15) is 4.79 Å². The predicted molar refractivity (Wildman–Crippen MR) is 42.7 cm³/mol. The number of hydrogen-bond acceptors (Lipinski definition) is 2. The molecule has 2 N–H and O–H groups in total. The first kappa shape index (κ1) is 8.80. The first-order chi connectivity index (χ1) is 3.66. The molecule has 0 fully saturated rings. The monoisotopic (exact) mass is 284 g/mol. The Morgan fingerprint density at radius 2 is 2.25 bits per heavy atom. The summed E-state index contributed by atoms with van der Waals surface area (Å²) in [6.07, 6.45) is 0. The third-order valence-corrected chi connectivity index (χ3v) is 7.89. The van der Waals surface area contributed by atoms with E-state index in [1.54, 1.807) is 0 Å². The SMILES string of the molecule is C[NH][Ga]([I])[NH]C(C)=O. The Labute approximate surface area is 65.3 Å².